The van der Waals surface area contributed by atoms with E-state index in [0.29, 0.717) is 35.1 Å². The number of H-pyrrole nitrogens is 1. The van der Waals surface area contributed by atoms with Crippen molar-refractivity contribution in [3.63, 3.8) is 0 Å². The third kappa shape index (κ3) is 5.83. The van der Waals surface area contributed by atoms with Gasteiger partial charge in [-0.3, -0.25) is 4.98 Å². The van der Waals surface area contributed by atoms with Crippen LogP contribution in [0.3, 0.4) is 0 Å². The van der Waals surface area contributed by atoms with Crippen molar-refractivity contribution in [1.82, 2.24) is 15.0 Å². The van der Waals surface area contributed by atoms with Crippen LogP contribution in [0.1, 0.15) is 25.0 Å². The van der Waals surface area contributed by atoms with Crippen LogP contribution in [0.15, 0.2) is 41.6 Å². The lowest BCUT2D eigenvalue weighted by atomic mass is 10.1. The molecule has 0 bridgehead atoms. The second-order valence-electron chi connectivity index (χ2n) is 7.29. The Balaban J connectivity index is 0.000000254. The van der Waals surface area contributed by atoms with E-state index in [1.165, 1.54) is 24.5 Å². The highest BCUT2D eigenvalue weighted by atomic mass is 32.2. The van der Waals surface area contributed by atoms with Crippen molar-refractivity contribution >= 4 is 30.7 Å². The summed E-state index contributed by atoms with van der Waals surface area (Å²) in [6, 6.07) is 6.07. The number of sulfone groups is 2. The number of fused-ring (bicyclic) bond motifs is 1. The summed E-state index contributed by atoms with van der Waals surface area (Å²) >= 11 is 0. The van der Waals surface area contributed by atoms with Crippen LogP contribution in [0, 0.1) is 0 Å². The molecule has 0 amide bonds. The first-order valence-electron chi connectivity index (χ1n) is 9.34. The molecule has 0 aromatic carbocycles. The molecule has 1 aliphatic rings. The first kappa shape index (κ1) is 23.2. The van der Waals surface area contributed by atoms with Crippen LogP contribution in [0.25, 0.3) is 22.3 Å². The van der Waals surface area contributed by atoms with Gasteiger partial charge in [-0.05, 0) is 37.1 Å². The maximum absolute atomic E-state index is 12.8. The molecule has 3 aromatic rings. The Labute approximate surface area is 178 Å². The van der Waals surface area contributed by atoms with Crippen LogP contribution >= 0.6 is 0 Å². The molecule has 3 aromatic heterocycles. The SMILES string of the molecule is CS(=O)(=O)c1ccc(-c2ccnc3[nH]c(C(F)F)cc23)nc1.NC1CCS(=O)(=O)CC1. The van der Waals surface area contributed by atoms with E-state index in [4.69, 9.17) is 5.73 Å². The highest BCUT2D eigenvalue weighted by Gasteiger charge is 2.20. The quantitative estimate of drug-likeness (QED) is 0.598. The summed E-state index contributed by atoms with van der Waals surface area (Å²) in [5.74, 6) is 0.572. The third-order valence-electron chi connectivity index (χ3n) is 4.83. The average molecular weight is 473 g/mol. The van der Waals surface area contributed by atoms with Crippen molar-refractivity contribution in [3.05, 3.63) is 42.4 Å². The molecule has 0 aliphatic carbocycles. The number of pyridine rings is 2. The predicted octanol–water partition coefficient (Wildman–Crippen LogP) is 2.49. The molecule has 0 atom stereocenters. The number of rotatable bonds is 3. The summed E-state index contributed by atoms with van der Waals surface area (Å²) in [6.07, 6.45) is 2.48. The fourth-order valence-corrected chi connectivity index (χ4v) is 5.14. The van der Waals surface area contributed by atoms with Gasteiger partial charge in [0.2, 0.25) is 0 Å². The molecule has 31 heavy (non-hydrogen) atoms. The van der Waals surface area contributed by atoms with Crippen molar-refractivity contribution in [1.29, 1.82) is 0 Å². The fraction of sp³-hybridized carbons (Fsp3) is 0.368. The molecule has 0 unspecified atom stereocenters. The highest BCUT2D eigenvalue weighted by molar-refractivity contribution is 7.91. The number of hydrogen-bond acceptors (Lipinski definition) is 7. The molecule has 1 aliphatic heterocycles. The van der Waals surface area contributed by atoms with Gasteiger partial charge in [0.15, 0.2) is 9.84 Å². The fourth-order valence-electron chi connectivity index (χ4n) is 3.06. The summed E-state index contributed by atoms with van der Waals surface area (Å²) in [5, 5.41) is 0.511. The zero-order valence-electron chi connectivity index (χ0n) is 16.6. The average Bonchev–Trinajstić information content (AvgIpc) is 3.15. The number of aromatic amines is 1. The van der Waals surface area contributed by atoms with E-state index in [0.717, 1.165) is 6.26 Å². The molecule has 1 fully saturated rings. The van der Waals surface area contributed by atoms with Crippen LogP contribution in [-0.2, 0) is 19.7 Å². The molecule has 3 N–H and O–H groups in total. The Morgan fingerprint density at radius 2 is 1.84 bits per heavy atom. The summed E-state index contributed by atoms with van der Waals surface area (Å²) < 4.78 is 69.9. The van der Waals surface area contributed by atoms with Crippen LogP contribution in [0.5, 0.6) is 0 Å². The molecule has 168 valence electrons. The van der Waals surface area contributed by atoms with Gasteiger partial charge in [-0.15, -0.1) is 0 Å². The van der Waals surface area contributed by atoms with Gasteiger partial charge in [-0.2, -0.15) is 0 Å². The highest BCUT2D eigenvalue weighted by Crippen LogP contribution is 2.30. The summed E-state index contributed by atoms with van der Waals surface area (Å²) in [7, 11) is -6.03. The van der Waals surface area contributed by atoms with Crippen molar-refractivity contribution in [2.24, 2.45) is 5.73 Å². The van der Waals surface area contributed by atoms with Gasteiger partial charge >= 0.3 is 0 Å². The minimum absolute atomic E-state index is 0.101. The number of hydrogen-bond donors (Lipinski definition) is 2. The van der Waals surface area contributed by atoms with Crippen LogP contribution < -0.4 is 5.73 Å². The van der Waals surface area contributed by atoms with E-state index in [1.54, 1.807) is 12.1 Å². The monoisotopic (exact) mass is 472 g/mol. The Hall–Kier alpha value is -2.44. The maximum Gasteiger partial charge on any atom is 0.278 e. The van der Waals surface area contributed by atoms with E-state index in [2.05, 4.69) is 15.0 Å². The van der Waals surface area contributed by atoms with Gasteiger partial charge in [0.1, 0.15) is 15.5 Å². The maximum atomic E-state index is 12.8. The molecule has 12 heteroatoms. The normalized spacial score (nSPS) is 16.8. The smallest absolute Gasteiger partial charge is 0.278 e. The van der Waals surface area contributed by atoms with Gasteiger partial charge < -0.3 is 10.7 Å². The van der Waals surface area contributed by atoms with Gasteiger partial charge in [0.25, 0.3) is 6.43 Å². The molecule has 4 heterocycles. The molecule has 0 radical (unpaired) electrons. The second-order valence-corrected chi connectivity index (χ2v) is 11.6. The Kier molecular flexibility index (Phi) is 6.72. The van der Waals surface area contributed by atoms with E-state index >= 15 is 0 Å². The lowest BCUT2D eigenvalue weighted by Crippen LogP contribution is -2.32. The number of nitrogens with zero attached hydrogens (tertiary/aromatic N) is 2. The molecular formula is C19H22F2N4O4S2. The Morgan fingerprint density at radius 3 is 2.35 bits per heavy atom. The minimum Gasteiger partial charge on any atom is -0.338 e. The summed E-state index contributed by atoms with van der Waals surface area (Å²) in [5.41, 5.74) is 6.70. The van der Waals surface area contributed by atoms with Crippen LogP contribution in [-0.4, -0.2) is 55.6 Å². The van der Waals surface area contributed by atoms with Crippen molar-refractivity contribution in [2.75, 3.05) is 17.8 Å². The Bertz CT molecular complexity index is 1260. The largest absolute Gasteiger partial charge is 0.338 e. The molecule has 0 spiro atoms. The van der Waals surface area contributed by atoms with Crippen molar-refractivity contribution in [3.8, 4) is 11.3 Å². The number of alkyl halides is 2. The molecule has 1 saturated heterocycles. The first-order chi connectivity index (χ1) is 14.5. The number of nitrogens with one attached hydrogen (secondary N) is 1. The zero-order valence-corrected chi connectivity index (χ0v) is 18.3. The van der Waals surface area contributed by atoms with Gasteiger partial charge in [0.05, 0.1) is 27.8 Å². The van der Waals surface area contributed by atoms with Gasteiger partial charge in [-0.1, -0.05) is 0 Å². The minimum atomic E-state index is -3.33. The summed E-state index contributed by atoms with van der Waals surface area (Å²) in [4.78, 5) is 10.8. The topological polar surface area (TPSA) is 136 Å². The van der Waals surface area contributed by atoms with Crippen molar-refractivity contribution < 1.29 is 25.6 Å². The Morgan fingerprint density at radius 1 is 1.16 bits per heavy atom. The van der Waals surface area contributed by atoms with Gasteiger partial charge in [-0.25, -0.2) is 30.6 Å². The molecule has 4 rings (SSSR count). The third-order valence-corrected chi connectivity index (χ3v) is 7.64. The molecular weight excluding hydrogens is 450 g/mol. The number of nitrogens with two attached hydrogens (primary N) is 1. The van der Waals surface area contributed by atoms with Crippen LogP contribution in [0.4, 0.5) is 8.78 Å². The lowest BCUT2D eigenvalue weighted by molar-refractivity contribution is 0.147. The van der Waals surface area contributed by atoms with Gasteiger partial charge in [0, 0.05) is 35.6 Å². The number of halogens is 2. The van der Waals surface area contributed by atoms with E-state index in [9.17, 15) is 25.6 Å². The zero-order chi connectivity index (χ0) is 22.8. The first-order valence-corrected chi connectivity index (χ1v) is 13.1. The second kappa shape index (κ2) is 8.97. The number of aromatic nitrogens is 3. The van der Waals surface area contributed by atoms with E-state index in [-0.39, 0.29) is 28.1 Å². The standard InChI is InChI=1S/C14H11F2N3O2S.C5H11NO2S/c1-22(20,21)8-2-3-11(18-7-8)9-4-5-17-14-10(9)6-12(19-14)13(15)16;6-5-1-3-9(7,8)4-2-5/h2-7,13H,1H3,(H,17,19);5H,1-4,6H2. The lowest BCUT2D eigenvalue weighted by Gasteiger charge is -2.16. The summed E-state index contributed by atoms with van der Waals surface area (Å²) in [6.45, 7) is 0. The van der Waals surface area contributed by atoms with Crippen molar-refractivity contribution in [2.45, 2.75) is 30.2 Å². The van der Waals surface area contributed by atoms with E-state index in [1.807, 2.05) is 0 Å². The molecule has 0 saturated carbocycles. The predicted molar refractivity (Wildman–Crippen MR) is 113 cm³/mol. The van der Waals surface area contributed by atoms with E-state index < -0.39 is 26.1 Å². The molecule has 8 nitrogen and oxygen atoms in total. The van der Waals surface area contributed by atoms with Crippen LogP contribution in [0.2, 0.25) is 0 Å².